The number of benzene rings is 1. The molecule has 0 heterocycles. The Balaban J connectivity index is 1.21. The van der Waals surface area contributed by atoms with E-state index in [1.165, 1.54) is 19.3 Å². The molecule has 0 unspecified atom stereocenters. The van der Waals surface area contributed by atoms with E-state index in [-0.39, 0.29) is 23.7 Å². The molecule has 4 aliphatic rings. The molecular formula is C24H33NO4. The van der Waals surface area contributed by atoms with Crippen LogP contribution in [0.25, 0.3) is 0 Å². The summed E-state index contributed by atoms with van der Waals surface area (Å²) in [6.07, 6.45) is 8.99. The van der Waals surface area contributed by atoms with Gasteiger partial charge in [-0.2, -0.15) is 0 Å². The number of carbonyl (C=O) groups is 2. The largest absolute Gasteiger partial charge is 0.490 e. The van der Waals surface area contributed by atoms with E-state index in [1.807, 2.05) is 25.1 Å². The van der Waals surface area contributed by atoms with Gasteiger partial charge in [0, 0.05) is 18.4 Å². The number of ether oxygens (including phenoxy) is 2. The molecule has 1 aromatic carbocycles. The molecule has 29 heavy (non-hydrogen) atoms. The average molecular weight is 400 g/mol. The van der Waals surface area contributed by atoms with Crippen LogP contribution in [0.1, 0.15) is 64.7 Å². The number of rotatable bonds is 9. The molecule has 1 aromatic rings. The number of esters is 1. The fourth-order valence-corrected chi connectivity index (χ4v) is 6.05. The number of nitrogens with one attached hydrogen (secondary N) is 1. The molecular weight excluding hydrogens is 366 g/mol. The quantitative estimate of drug-likeness (QED) is 0.377. The molecule has 1 amide bonds. The molecule has 4 bridgehead atoms. The number of para-hydroxylation sites is 2. The molecule has 0 aliphatic heterocycles. The van der Waals surface area contributed by atoms with Gasteiger partial charge in [0.15, 0.2) is 11.5 Å². The minimum Gasteiger partial charge on any atom is -0.490 e. The lowest BCUT2D eigenvalue weighted by Crippen LogP contribution is -2.53. The minimum absolute atomic E-state index is 0.120. The van der Waals surface area contributed by atoms with Crippen molar-refractivity contribution in [2.45, 2.75) is 64.7 Å². The van der Waals surface area contributed by atoms with Gasteiger partial charge in [-0.05, 0) is 81.3 Å². The lowest BCUT2D eigenvalue weighted by molar-refractivity contribution is -0.146. The molecule has 4 aliphatic carbocycles. The Bertz CT molecular complexity index is 709. The third-order valence-corrected chi connectivity index (χ3v) is 6.90. The maximum atomic E-state index is 12.9. The highest BCUT2D eigenvalue weighted by atomic mass is 16.6. The third-order valence-electron chi connectivity index (χ3n) is 6.90. The van der Waals surface area contributed by atoms with Gasteiger partial charge in [0.1, 0.15) is 0 Å². The first-order valence-electron chi connectivity index (χ1n) is 11.3. The van der Waals surface area contributed by atoms with Crippen LogP contribution in [0.15, 0.2) is 24.3 Å². The molecule has 4 saturated carbocycles. The standard InChI is InChI=1S/C24H33NO4/c1-2-10-28-20-6-3-4-7-21(20)29-22(26)8-5-9-25-23(27)24-14-17-11-18(15-24)13-19(12-17)16-24/h3-4,6-7,17-19H,2,5,8-16H2,1H3,(H,25,27). The maximum Gasteiger partial charge on any atom is 0.311 e. The van der Waals surface area contributed by atoms with Crippen molar-refractivity contribution in [2.75, 3.05) is 13.2 Å². The molecule has 0 spiro atoms. The summed E-state index contributed by atoms with van der Waals surface area (Å²) >= 11 is 0. The Labute approximate surface area is 173 Å². The second kappa shape index (κ2) is 8.76. The summed E-state index contributed by atoms with van der Waals surface area (Å²) in [6.45, 7) is 3.15. The minimum atomic E-state index is -0.290. The van der Waals surface area contributed by atoms with E-state index in [1.54, 1.807) is 6.07 Å². The lowest BCUT2D eigenvalue weighted by Gasteiger charge is -2.55. The van der Waals surface area contributed by atoms with Crippen molar-refractivity contribution in [1.82, 2.24) is 5.32 Å². The summed E-state index contributed by atoms with van der Waals surface area (Å²) in [5.74, 6) is 3.28. The van der Waals surface area contributed by atoms with Crippen LogP contribution in [0.5, 0.6) is 11.5 Å². The summed E-state index contributed by atoms with van der Waals surface area (Å²) in [4.78, 5) is 25.1. The smallest absolute Gasteiger partial charge is 0.311 e. The summed E-state index contributed by atoms with van der Waals surface area (Å²) in [7, 11) is 0. The number of hydrogen-bond acceptors (Lipinski definition) is 4. The molecule has 158 valence electrons. The Kier molecular flexibility index (Phi) is 6.12. The van der Waals surface area contributed by atoms with Crippen molar-refractivity contribution < 1.29 is 19.1 Å². The van der Waals surface area contributed by atoms with Gasteiger partial charge < -0.3 is 14.8 Å². The summed E-state index contributed by atoms with van der Waals surface area (Å²) in [5.41, 5.74) is -0.120. The molecule has 0 radical (unpaired) electrons. The van der Waals surface area contributed by atoms with Gasteiger partial charge in [0.2, 0.25) is 5.91 Å². The predicted octanol–water partition coefficient (Wildman–Crippen LogP) is 4.49. The first-order chi connectivity index (χ1) is 14.1. The van der Waals surface area contributed by atoms with Crippen molar-refractivity contribution in [1.29, 1.82) is 0 Å². The Morgan fingerprint density at radius 2 is 1.66 bits per heavy atom. The molecule has 1 N–H and O–H groups in total. The Morgan fingerprint density at radius 1 is 1.03 bits per heavy atom. The SMILES string of the molecule is CCCOc1ccccc1OC(=O)CCCNC(=O)C12CC3CC(CC(C3)C1)C2. The van der Waals surface area contributed by atoms with Crippen molar-refractivity contribution in [3.63, 3.8) is 0 Å². The zero-order chi connectivity index (χ0) is 20.3. The van der Waals surface area contributed by atoms with Gasteiger partial charge in [0.25, 0.3) is 0 Å². The van der Waals surface area contributed by atoms with Crippen LogP contribution >= 0.6 is 0 Å². The number of carbonyl (C=O) groups excluding carboxylic acids is 2. The van der Waals surface area contributed by atoms with Crippen molar-refractivity contribution in [2.24, 2.45) is 23.2 Å². The highest BCUT2D eigenvalue weighted by molar-refractivity contribution is 5.83. The molecule has 0 aromatic heterocycles. The molecule has 4 fully saturated rings. The van der Waals surface area contributed by atoms with E-state index in [0.717, 1.165) is 43.4 Å². The monoisotopic (exact) mass is 399 g/mol. The van der Waals surface area contributed by atoms with Crippen LogP contribution in [0.4, 0.5) is 0 Å². The van der Waals surface area contributed by atoms with E-state index in [9.17, 15) is 9.59 Å². The topological polar surface area (TPSA) is 64.6 Å². The maximum absolute atomic E-state index is 12.9. The Hall–Kier alpha value is -2.04. The summed E-state index contributed by atoms with van der Waals surface area (Å²) in [5, 5.41) is 3.13. The van der Waals surface area contributed by atoms with Gasteiger partial charge >= 0.3 is 5.97 Å². The van der Waals surface area contributed by atoms with Crippen LogP contribution in [0, 0.1) is 23.2 Å². The number of hydrogen-bond donors (Lipinski definition) is 1. The fourth-order valence-electron chi connectivity index (χ4n) is 6.05. The highest BCUT2D eigenvalue weighted by Crippen LogP contribution is 2.60. The Morgan fingerprint density at radius 3 is 2.28 bits per heavy atom. The van der Waals surface area contributed by atoms with Crippen LogP contribution < -0.4 is 14.8 Å². The molecule has 5 heteroatoms. The van der Waals surface area contributed by atoms with E-state index in [4.69, 9.17) is 9.47 Å². The summed E-state index contributed by atoms with van der Waals surface area (Å²) in [6, 6.07) is 7.25. The molecule has 5 nitrogen and oxygen atoms in total. The molecule has 5 rings (SSSR count). The van der Waals surface area contributed by atoms with Gasteiger partial charge in [0.05, 0.1) is 6.61 Å². The molecule has 0 atom stereocenters. The second-order valence-corrected chi connectivity index (χ2v) is 9.33. The van der Waals surface area contributed by atoms with Gasteiger partial charge in [-0.25, -0.2) is 0 Å². The van der Waals surface area contributed by atoms with E-state index in [2.05, 4.69) is 5.32 Å². The van der Waals surface area contributed by atoms with Crippen LogP contribution in [-0.4, -0.2) is 25.0 Å². The second-order valence-electron chi connectivity index (χ2n) is 9.33. The van der Waals surface area contributed by atoms with Gasteiger partial charge in [-0.1, -0.05) is 19.1 Å². The van der Waals surface area contributed by atoms with E-state index in [0.29, 0.717) is 31.1 Å². The van der Waals surface area contributed by atoms with Gasteiger partial charge in [-0.3, -0.25) is 9.59 Å². The zero-order valence-corrected chi connectivity index (χ0v) is 17.5. The third kappa shape index (κ3) is 4.59. The molecule has 0 saturated heterocycles. The van der Waals surface area contributed by atoms with Crippen LogP contribution in [0.3, 0.4) is 0 Å². The van der Waals surface area contributed by atoms with Crippen LogP contribution in [0.2, 0.25) is 0 Å². The average Bonchev–Trinajstić information content (AvgIpc) is 2.69. The normalized spacial score (nSPS) is 29.5. The van der Waals surface area contributed by atoms with Crippen molar-refractivity contribution >= 4 is 11.9 Å². The van der Waals surface area contributed by atoms with Crippen LogP contribution in [-0.2, 0) is 9.59 Å². The van der Waals surface area contributed by atoms with E-state index >= 15 is 0 Å². The first-order valence-corrected chi connectivity index (χ1v) is 11.3. The highest BCUT2D eigenvalue weighted by Gasteiger charge is 2.54. The summed E-state index contributed by atoms with van der Waals surface area (Å²) < 4.78 is 11.1. The predicted molar refractivity (Wildman–Crippen MR) is 111 cm³/mol. The lowest BCUT2D eigenvalue weighted by atomic mass is 9.49. The van der Waals surface area contributed by atoms with Crippen molar-refractivity contribution in [3.8, 4) is 11.5 Å². The zero-order valence-electron chi connectivity index (χ0n) is 17.5. The van der Waals surface area contributed by atoms with E-state index < -0.39 is 0 Å². The number of amides is 1. The van der Waals surface area contributed by atoms with Gasteiger partial charge in [-0.15, -0.1) is 0 Å². The first kappa shape index (κ1) is 20.2. The van der Waals surface area contributed by atoms with Crippen molar-refractivity contribution in [3.05, 3.63) is 24.3 Å². The fraction of sp³-hybridized carbons (Fsp3) is 0.667.